The fourth-order valence-corrected chi connectivity index (χ4v) is 5.24. The molecule has 11 heteroatoms. The van der Waals surface area contributed by atoms with Gasteiger partial charge in [-0.25, -0.2) is 18.0 Å². The number of hydrogen-bond donors (Lipinski definition) is 0. The summed E-state index contributed by atoms with van der Waals surface area (Å²) in [5, 5.41) is 0. The molecule has 4 rings (SSSR count). The lowest BCUT2D eigenvalue weighted by Gasteiger charge is -2.23. The summed E-state index contributed by atoms with van der Waals surface area (Å²) in [5.41, 5.74) is 0.215. The van der Waals surface area contributed by atoms with Gasteiger partial charge in [0.05, 0.1) is 24.6 Å². The molecule has 0 radical (unpaired) electrons. The maximum absolute atomic E-state index is 13.8. The SMILES string of the molecule is COc1ccc(OC)c(S(=O)(=O)N(C(=O)Oc2ccccc2)c2ccc3oc(=O)sc3c2)c1. The van der Waals surface area contributed by atoms with Crippen LogP contribution in [-0.2, 0) is 10.0 Å². The summed E-state index contributed by atoms with van der Waals surface area (Å²) in [7, 11) is -1.87. The molecule has 0 aliphatic rings. The van der Waals surface area contributed by atoms with Gasteiger partial charge in [-0.15, -0.1) is 0 Å². The highest BCUT2D eigenvalue weighted by Gasteiger charge is 2.36. The summed E-state index contributed by atoms with van der Waals surface area (Å²) >= 11 is 0.779. The van der Waals surface area contributed by atoms with Crippen LogP contribution in [-0.4, -0.2) is 28.7 Å². The van der Waals surface area contributed by atoms with Crippen LogP contribution < -0.4 is 23.5 Å². The first-order chi connectivity index (χ1) is 15.8. The van der Waals surface area contributed by atoms with Crippen LogP contribution in [0.1, 0.15) is 0 Å². The molecule has 0 N–H and O–H groups in total. The molecule has 0 aliphatic carbocycles. The third-order valence-corrected chi connectivity index (χ3v) is 7.06. The molecule has 9 nitrogen and oxygen atoms in total. The van der Waals surface area contributed by atoms with Gasteiger partial charge in [-0.1, -0.05) is 29.5 Å². The van der Waals surface area contributed by atoms with Crippen molar-refractivity contribution in [1.29, 1.82) is 0 Å². The van der Waals surface area contributed by atoms with E-state index in [2.05, 4.69) is 0 Å². The van der Waals surface area contributed by atoms with Gasteiger partial charge in [-0.2, -0.15) is 4.31 Å². The van der Waals surface area contributed by atoms with Crippen molar-refractivity contribution < 1.29 is 31.8 Å². The van der Waals surface area contributed by atoms with E-state index in [4.69, 9.17) is 18.6 Å². The van der Waals surface area contributed by atoms with E-state index in [9.17, 15) is 18.0 Å². The predicted octanol–water partition coefficient (Wildman–Crippen LogP) is 4.27. The Kier molecular flexibility index (Phi) is 6.07. The van der Waals surface area contributed by atoms with Gasteiger partial charge >= 0.3 is 11.0 Å². The summed E-state index contributed by atoms with van der Waals surface area (Å²) in [6.07, 6.45) is -1.18. The molecule has 1 heterocycles. The maximum atomic E-state index is 13.8. The third kappa shape index (κ3) is 4.41. The Morgan fingerprint density at radius 3 is 2.39 bits per heavy atom. The number of anilines is 1. The van der Waals surface area contributed by atoms with Crippen molar-refractivity contribution in [3.63, 3.8) is 0 Å². The Bertz CT molecular complexity index is 1480. The molecule has 33 heavy (non-hydrogen) atoms. The standard InChI is InChI=1S/C22H17NO8S2/c1-28-16-9-11-18(29-2)20(13-16)33(26,27)23(21(24)30-15-6-4-3-5-7-15)14-8-10-17-19(12-14)32-22(25)31-17/h3-13H,1-2H3. The number of rotatable bonds is 6. The van der Waals surface area contributed by atoms with Crippen LogP contribution in [0.5, 0.6) is 17.2 Å². The van der Waals surface area contributed by atoms with Gasteiger partial charge < -0.3 is 18.6 Å². The monoisotopic (exact) mass is 487 g/mol. The van der Waals surface area contributed by atoms with Crippen molar-refractivity contribution in [2.24, 2.45) is 0 Å². The van der Waals surface area contributed by atoms with Gasteiger partial charge in [-0.05, 0) is 42.5 Å². The second kappa shape index (κ2) is 8.96. The summed E-state index contributed by atoms with van der Waals surface area (Å²) in [4.78, 5) is 23.9. The Labute approximate surface area is 192 Å². The quantitative estimate of drug-likeness (QED) is 0.396. The van der Waals surface area contributed by atoms with Crippen LogP contribution in [0.3, 0.4) is 0 Å². The van der Waals surface area contributed by atoms with Crippen molar-refractivity contribution >= 4 is 43.4 Å². The van der Waals surface area contributed by atoms with Gasteiger partial charge in [0.15, 0.2) is 0 Å². The molecule has 0 atom stereocenters. The van der Waals surface area contributed by atoms with E-state index in [1.165, 1.54) is 62.8 Å². The maximum Gasteiger partial charge on any atom is 0.434 e. The van der Waals surface area contributed by atoms with Crippen LogP contribution in [0.25, 0.3) is 10.3 Å². The number of methoxy groups -OCH3 is 2. The summed E-state index contributed by atoms with van der Waals surface area (Å²) in [6.45, 7) is 0. The number of hydrogen-bond acceptors (Lipinski definition) is 9. The summed E-state index contributed by atoms with van der Waals surface area (Å²) in [5.74, 6) is 0.394. The van der Waals surface area contributed by atoms with Gasteiger partial charge in [0.25, 0.3) is 10.0 Å². The zero-order valence-electron chi connectivity index (χ0n) is 17.4. The smallest absolute Gasteiger partial charge is 0.434 e. The van der Waals surface area contributed by atoms with E-state index < -0.39 is 21.1 Å². The predicted molar refractivity (Wildman–Crippen MR) is 122 cm³/mol. The topological polar surface area (TPSA) is 112 Å². The van der Waals surface area contributed by atoms with Crippen molar-refractivity contribution in [1.82, 2.24) is 0 Å². The van der Waals surface area contributed by atoms with Crippen LogP contribution in [0, 0.1) is 0 Å². The van der Waals surface area contributed by atoms with Crippen LogP contribution >= 0.6 is 11.3 Å². The van der Waals surface area contributed by atoms with E-state index in [-0.39, 0.29) is 33.4 Å². The van der Waals surface area contributed by atoms with Crippen molar-refractivity contribution in [2.75, 3.05) is 18.5 Å². The zero-order chi connectivity index (χ0) is 23.6. The number of para-hydroxylation sites is 1. The number of benzene rings is 3. The highest BCUT2D eigenvalue weighted by Crippen LogP contribution is 2.35. The van der Waals surface area contributed by atoms with Gasteiger partial charge in [0.1, 0.15) is 27.7 Å². The van der Waals surface area contributed by atoms with Gasteiger partial charge in [0, 0.05) is 6.07 Å². The Morgan fingerprint density at radius 1 is 0.939 bits per heavy atom. The molecule has 0 aliphatic heterocycles. The normalized spacial score (nSPS) is 11.2. The summed E-state index contributed by atoms with van der Waals surface area (Å²) < 4.78 is 49.1. The second-order valence-corrected chi connectivity index (χ2v) is 9.28. The van der Waals surface area contributed by atoms with Crippen molar-refractivity contribution in [2.45, 2.75) is 4.90 Å². The minimum absolute atomic E-state index is 0.00218. The second-order valence-electron chi connectivity index (χ2n) is 6.55. The first-order valence-corrected chi connectivity index (χ1v) is 11.7. The molecule has 3 aromatic carbocycles. The molecule has 4 aromatic rings. The van der Waals surface area contributed by atoms with Crippen LogP contribution in [0.15, 0.2) is 80.8 Å². The van der Waals surface area contributed by atoms with E-state index in [1.54, 1.807) is 18.2 Å². The summed E-state index contributed by atoms with van der Waals surface area (Å²) in [6, 6.07) is 16.3. The molecule has 0 unspecified atom stereocenters. The number of fused-ring (bicyclic) bond motifs is 1. The molecule has 1 amide bonds. The highest BCUT2D eigenvalue weighted by molar-refractivity contribution is 7.93. The molecule has 0 fully saturated rings. The fraction of sp³-hybridized carbons (Fsp3) is 0.0909. The fourth-order valence-electron chi connectivity index (χ4n) is 3.04. The molecular formula is C22H17NO8S2. The van der Waals surface area contributed by atoms with Crippen molar-refractivity contribution in [3.8, 4) is 17.2 Å². The number of ether oxygens (including phenoxy) is 3. The van der Waals surface area contributed by atoms with E-state index >= 15 is 0 Å². The van der Waals surface area contributed by atoms with E-state index in [0.29, 0.717) is 9.01 Å². The molecule has 0 saturated carbocycles. The third-order valence-electron chi connectivity index (χ3n) is 4.55. The molecule has 1 aromatic heterocycles. The minimum Gasteiger partial charge on any atom is -0.497 e. The molecule has 0 spiro atoms. The van der Waals surface area contributed by atoms with Crippen LogP contribution in [0.4, 0.5) is 10.5 Å². The minimum atomic E-state index is -4.56. The molecular weight excluding hydrogens is 470 g/mol. The number of sulfonamides is 1. The number of nitrogens with zero attached hydrogens (tertiary/aromatic N) is 1. The van der Waals surface area contributed by atoms with Crippen LogP contribution in [0.2, 0.25) is 0 Å². The lowest BCUT2D eigenvalue weighted by molar-refractivity contribution is 0.211. The average Bonchev–Trinajstić information content (AvgIpc) is 3.18. The largest absolute Gasteiger partial charge is 0.497 e. The Hall–Kier alpha value is -3.83. The van der Waals surface area contributed by atoms with Gasteiger partial charge in [0.2, 0.25) is 0 Å². The van der Waals surface area contributed by atoms with Gasteiger partial charge in [-0.3, -0.25) is 0 Å². The highest BCUT2D eigenvalue weighted by atomic mass is 32.2. The number of amides is 1. The lowest BCUT2D eigenvalue weighted by Crippen LogP contribution is -2.39. The Balaban J connectivity index is 1.89. The molecule has 0 bridgehead atoms. The number of carbonyl (C=O) groups excluding carboxylic acids is 1. The molecule has 0 saturated heterocycles. The van der Waals surface area contributed by atoms with Crippen molar-refractivity contribution in [3.05, 3.63) is 76.5 Å². The lowest BCUT2D eigenvalue weighted by atomic mass is 10.3. The van der Waals surface area contributed by atoms with E-state index in [0.717, 1.165) is 11.3 Å². The zero-order valence-corrected chi connectivity index (χ0v) is 19.0. The first kappa shape index (κ1) is 22.4. The van der Waals surface area contributed by atoms with E-state index in [1.807, 2.05) is 0 Å². The molecule has 170 valence electrons. The first-order valence-electron chi connectivity index (χ1n) is 9.41. The number of carbonyl (C=O) groups is 1. The Morgan fingerprint density at radius 2 is 1.70 bits per heavy atom. The average molecular weight is 488 g/mol.